The molecule has 3 heterocycles. The molecule has 0 aliphatic carbocycles. The number of unbranched alkanes of at least 4 members (excludes halogenated alkanes) is 8. The van der Waals surface area contributed by atoms with Crippen molar-refractivity contribution in [2.24, 2.45) is 0 Å². The zero-order valence-corrected chi connectivity index (χ0v) is 46.3. The fourth-order valence-corrected chi connectivity index (χ4v) is 9.55. The van der Waals surface area contributed by atoms with Gasteiger partial charge in [-0.05, 0) is 62.8 Å². The molecule has 3 amide bonds. The molecular weight excluding hydrogens is 1040 g/mol. The highest BCUT2D eigenvalue weighted by Gasteiger charge is 2.29. The van der Waals surface area contributed by atoms with Crippen molar-refractivity contribution in [3.8, 4) is 0 Å². The van der Waals surface area contributed by atoms with Gasteiger partial charge in [-0.1, -0.05) is 50.7 Å². The van der Waals surface area contributed by atoms with E-state index in [0.717, 1.165) is 89.7 Å². The largest absolute Gasteiger partial charge is 0.480 e. The number of nitrogens with zero attached hydrogens (tertiary/aromatic N) is 10. The van der Waals surface area contributed by atoms with Crippen molar-refractivity contribution < 1.29 is 69.0 Å². The van der Waals surface area contributed by atoms with Crippen LogP contribution >= 0.6 is 0 Å². The highest BCUT2D eigenvalue weighted by atomic mass is 16.4. The first-order valence-corrected chi connectivity index (χ1v) is 27.5. The highest BCUT2D eigenvalue weighted by molar-refractivity contribution is 5.84. The average molecular weight is 1130 g/mol. The van der Waals surface area contributed by atoms with Crippen molar-refractivity contribution in [2.75, 3.05) is 147 Å². The predicted molar refractivity (Wildman–Crippen MR) is 295 cm³/mol. The molecular formula is C52H84N14O14. The molecule has 2 atom stereocenters. The molecule has 0 radical (unpaired) electrons. The maximum atomic E-state index is 12.3. The Balaban J connectivity index is 1.23. The molecule has 0 bridgehead atoms. The second-order valence-corrected chi connectivity index (χ2v) is 20.5. The fraction of sp³-hybridized carbons (Fsp3) is 0.673. The van der Waals surface area contributed by atoms with Gasteiger partial charge in [0.05, 0.1) is 26.2 Å². The van der Waals surface area contributed by atoms with Gasteiger partial charge in [0, 0.05) is 111 Å². The SMILES string of the molecule is CN(C)c1nc(Nc2cccc(CC3CN(CC(=O)O)CCN(CC(=O)O)CCN(CC(=O)O)CCN3CC(=O)O)c2)nc(N2CCN(CCCCCCCCCCC(=O)NCCCC[C@H](NC(=O)NCC(=O)O)C(=O)O)CC2)n1. The molecule has 0 saturated carbocycles. The molecule has 10 N–H and O–H groups in total. The van der Waals surface area contributed by atoms with Crippen LogP contribution in [-0.4, -0.2) is 262 Å². The molecule has 2 aliphatic heterocycles. The Hall–Kier alpha value is -7.01. The van der Waals surface area contributed by atoms with Gasteiger partial charge in [-0.2, -0.15) is 15.0 Å². The van der Waals surface area contributed by atoms with Crippen molar-refractivity contribution in [3.63, 3.8) is 0 Å². The fourth-order valence-electron chi connectivity index (χ4n) is 9.55. The monoisotopic (exact) mass is 1130 g/mol. The number of nitrogens with one attached hydrogen (secondary N) is 4. The van der Waals surface area contributed by atoms with Crippen LogP contribution in [0.5, 0.6) is 0 Å². The van der Waals surface area contributed by atoms with E-state index in [1.807, 2.05) is 38.4 Å². The summed E-state index contributed by atoms with van der Waals surface area (Å²) in [5.74, 6) is -5.50. The first kappa shape index (κ1) is 65.5. The van der Waals surface area contributed by atoms with E-state index in [9.17, 15) is 63.9 Å². The summed E-state index contributed by atoms with van der Waals surface area (Å²) in [4.78, 5) is 121. The lowest BCUT2D eigenvalue weighted by Crippen LogP contribution is -2.53. The quantitative estimate of drug-likeness (QED) is 0.0435. The van der Waals surface area contributed by atoms with Gasteiger partial charge < -0.3 is 61.7 Å². The van der Waals surface area contributed by atoms with Crippen LogP contribution in [0.25, 0.3) is 0 Å². The maximum absolute atomic E-state index is 12.3. The number of carbonyl (C=O) groups is 8. The van der Waals surface area contributed by atoms with Gasteiger partial charge in [-0.25, -0.2) is 9.59 Å². The number of benzene rings is 1. The molecule has 28 nitrogen and oxygen atoms in total. The molecule has 2 aliphatic rings. The standard InChI is InChI=1S/C52H84N14O14/c1-60(2)50-57-49(55-39-15-13-14-38(30-39)31-40-33-64(36-46(74)75)23-22-62(34-44(70)71)20-21-63(35-45(72)73)26-29-66(40)37-47(76)77)58-51(59-50)65-27-24-61(25-28-65)19-12-8-6-4-3-5-7-9-17-42(67)53-18-11-10-16-41(48(78)79)56-52(80)54-32-43(68)69/h13-15,30,40-41H,3-12,16-29,31-37H2,1-2H3,(H,53,67)(H,68,69)(H,70,71)(H,72,73)(H,74,75)(H,76,77)(H,78,79)(H2,54,56,80)(H,55,57,58,59)/t40?,41-/m0/s1. The van der Waals surface area contributed by atoms with Crippen LogP contribution in [-0.2, 0) is 40.0 Å². The van der Waals surface area contributed by atoms with E-state index in [0.29, 0.717) is 55.8 Å². The van der Waals surface area contributed by atoms with Crippen molar-refractivity contribution in [1.29, 1.82) is 0 Å². The smallest absolute Gasteiger partial charge is 0.326 e. The third kappa shape index (κ3) is 26.8. The molecule has 2 fully saturated rings. The number of rotatable bonds is 34. The van der Waals surface area contributed by atoms with E-state index in [1.165, 1.54) is 0 Å². The van der Waals surface area contributed by atoms with Gasteiger partial charge in [-0.3, -0.25) is 53.3 Å². The zero-order valence-electron chi connectivity index (χ0n) is 46.3. The van der Waals surface area contributed by atoms with E-state index in [-0.39, 0.29) is 84.3 Å². The summed E-state index contributed by atoms with van der Waals surface area (Å²) in [5, 5.41) is 67.7. The van der Waals surface area contributed by atoms with Crippen LogP contribution < -0.4 is 31.1 Å². The van der Waals surface area contributed by atoms with Gasteiger partial charge in [0.15, 0.2) is 0 Å². The van der Waals surface area contributed by atoms with Crippen LogP contribution in [0.4, 0.5) is 28.3 Å². The Morgan fingerprint density at radius 2 is 1.19 bits per heavy atom. The number of carboxylic acids is 6. The third-order valence-corrected chi connectivity index (χ3v) is 13.8. The number of hydrogen-bond donors (Lipinski definition) is 10. The van der Waals surface area contributed by atoms with Crippen LogP contribution in [0.2, 0.25) is 0 Å². The van der Waals surface area contributed by atoms with Crippen molar-refractivity contribution in [2.45, 2.75) is 95.6 Å². The number of aromatic nitrogens is 3. The van der Waals surface area contributed by atoms with E-state index in [1.54, 1.807) is 24.5 Å². The molecule has 28 heteroatoms. The van der Waals surface area contributed by atoms with Gasteiger partial charge in [-0.15, -0.1) is 0 Å². The number of carboxylic acid groups (broad SMARTS) is 6. The maximum Gasteiger partial charge on any atom is 0.326 e. The van der Waals surface area contributed by atoms with Gasteiger partial charge >= 0.3 is 41.8 Å². The number of anilines is 4. The molecule has 1 unspecified atom stereocenters. The van der Waals surface area contributed by atoms with Gasteiger partial charge in [0.25, 0.3) is 0 Å². The Kier molecular flexibility index (Phi) is 29.1. The number of amides is 3. The minimum Gasteiger partial charge on any atom is -0.480 e. The van der Waals surface area contributed by atoms with Crippen molar-refractivity contribution in [3.05, 3.63) is 29.8 Å². The summed E-state index contributed by atoms with van der Waals surface area (Å²) in [6.07, 6.45) is 10.3. The van der Waals surface area contributed by atoms with E-state index >= 15 is 0 Å². The predicted octanol–water partition coefficient (Wildman–Crippen LogP) is 0.909. The normalized spacial score (nSPS) is 16.8. The minimum absolute atomic E-state index is 0.0474. The lowest BCUT2D eigenvalue weighted by Gasteiger charge is -2.37. The van der Waals surface area contributed by atoms with Gasteiger partial charge in [0.1, 0.15) is 12.6 Å². The second-order valence-electron chi connectivity index (χ2n) is 20.5. The Morgan fingerprint density at radius 3 is 1.79 bits per heavy atom. The van der Waals surface area contributed by atoms with E-state index < -0.39 is 60.5 Å². The van der Waals surface area contributed by atoms with Gasteiger partial charge in [0.2, 0.25) is 23.8 Å². The molecule has 2 saturated heterocycles. The lowest BCUT2D eigenvalue weighted by molar-refractivity contribution is -0.142. The topological polar surface area (TPSA) is 367 Å². The Morgan fingerprint density at radius 1 is 0.613 bits per heavy atom. The summed E-state index contributed by atoms with van der Waals surface area (Å²) in [6, 6.07) is 4.95. The second kappa shape index (κ2) is 35.6. The molecule has 446 valence electrons. The summed E-state index contributed by atoms with van der Waals surface area (Å²) in [6.45, 7) is 3.88. The highest BCUT2D eigenvalue weighted by Crippen LogP contribution is 2.23. The molecule has 4 rings (SSSR count). The summed E-state index contributed by atoms with van der Waals surface area (Å²) in [7, 11) is 3.71. The number of aliphatic carboxylic acids is 6. The molecule has 1 aromatic heterocycles. The number of urea groups is 1. The summed E-state index contributed by atoms with van der Waals surface area (Å²) in [5.41, 5.74) is 1.47. The van der Waals surface area contributed by atoms with Crippen LogP contribution in [0.3, 0.4) is 0 Å². The Labute approximate surface area is 466 Å². The first-order chi connectivity index (χ1) is 38.2. The number of piperazine rings is 1. The Bertz CT molecular complexity index is 2310. The van der Waals surface area contributed by atoms with Crippen LogP contribution in [0.1, 0.15) is 82.6 Å². The molecule has 0 spiro atoms. The summed E-state index contributed by atoms with van der Waals surface area (Å²) >= 11 is 0. The third-order valence-electron chi connectivity index (χ3n) is 13.8. The van der Waals surface area contributed by atoms with Crippen molar-refractivity contribution in [1.82, 2.24) is 55.4 Å². The molecule has 2 aromatic rings. The first-order valence-electron chi connectivity index (χ1n) is 27.5. The van der Waals surface area contributed by atoms with Crippen molar-refractivity contribution >= 4 is 71.3 Å². The number of hydrogen-bond acceptors (Lipinski definition) is 19. The van der Waals surface area contributed by atoms with Crippen LogP contribution in [0.15, 0.2) is 24.3 Å². The zero-order chi connectivity index (χ0) is 58.4. The van der Waals surface area contributed by atoms with E-state index in [4.69, 9.17) is 15.1 Å². The number of carbonyl (C=O) groups excluding carboxylic acids is 2. The van der Waals surface area contributed by atoms with E-state index in [2.05, 4.69) is 36.1 Å². The average Bonchev–Trinajstić information content (AvgIpc) is 3.40. The summed E-state index contributed by atoms with van der Waals surface area (Å²) < 4.78 is 0. The minimum atomic E-state index is -1.24. The lowest BCUT2D eigenvalue weighted by atomic mass is 10.0. The molecule has 1 aromatic carbocycles. The van der Waals surface area contributed by atoms with Crippen LogP contribution in [0, 0.1) is 0 Å². The molecule has 80 heavy (non-hydrogen) atoms.